The summed E-state index contributed by atoms with van der Waals surface area (Å²) < 4.78 is 0. The Hall–Kier alpha value is -2.08. The Morgan fingerprint density at radius 2 is 1.58 bits per heavy atom. The normalized spacial score (nSPS) is 19.4. The van der Waals surface area contributed by atoms with Crippen molar-refractivity contribution in [2.45, 2.75) is 6.42 Å². The Bertz CT molecular complexity index is 535. The molecule has 2 aliphatic rings. The van der Waals surface area contributed by atoms with E-state index in [1.54, 1.807) is 4.90 Å². The lowest BCUT2D eigenvalue weighted by atomic mass is 10.2. The van der Waals surface area contributed by atoms with Crippen molar-refractivity contribution in [3.8, 4) is 0 Å². The lowest BCUT2D eigenvalue weighted by Gasteiger charge is -2.37. The summed E-state index contributed by atoms with van der Waals surface area (Å²) in [5.74, 6) is 0.250. The van der Waals surface area contributed by atoms with Crippen LogP contribution >= 0.6 is 0 Å². The van der Waals surface area contributed by atoms with E-state index < -0.39 is 0 Å². The second-order valence-corrected chi connectivity index (χ2v) is 6.44. The minimum absolute atomic E-state index is 0.250. The summed E-state index contributed by atoms with van der Waals surface area (Å²) in [6, 6.07) is 10.4. The van der Waals surface area contributed by atoms with Gasteiger partial charge in [-0.05, 0) is 12.1 Å². The van der Waals surface area contributed by atoms with Gasteiger partial charge < -0.3 is 14.7 Å². The molecule has 0 aromatic heterocycles. The summed E-state index contributed by atoms with van der Waals surface area (Å²) >= 11 is 0. The Kier molecular flexibility index (Phi) is 5.69. The minimum atomic E-state index is 0.250. The number of piperazine rings is 2. The average Bonchev–Trinajstić information content (AvgIpc) is 2.67. The summed E-state index contributed by atoms with van der Waals surface area (Å²) in [5, 5.41) is 0. The highest BCUT2D eigenvalue weighted by atomic mass is 16.2. The van der Waals surface area contributed by atoms with Crippen LogP contribution in [-0.2, 0) is 9.59 Å². The summed E-state index contributed by atoms with van der Waals surface area (Å²) in [5.41, 5.74) is 1.23. The fraction of sp³-hybridized carbons (Fsp3) is 0.556. The summed E-state index contributed by atoms with van der Waals surface area (Å²) in [4.78, 5) is 31.5. The molecular formula is C18H26N4O2. The van der Waals surface area contributed by atoms with Gasteiger partial charge in [0.15, 0.2) is 0 Å². The van der Waals surface area contributed by atoms with Crippen molar-refractivity contribution in [1.29, 1.82) is 0 Å². The largest absolute Gasteiger partial charge is 0.368 e. The molecule has 3 rings (SSSR count). The van der Waals surface area contributed by atoms with E-state index in [9.17, 15) is 9.59 Å². The molecule has 0 unspecified atom stereocenters. The molecule has 24 heavy (non-hydrogen) atoms. The van der Waals surface area contributed by atoms with Gasteiger partial charge in [-0.1, -0.05) is 18.2 Å². The van der Waals surface area contributed by atoms with Crippen molar-refractivity contribution in [1.82, 2.24) is 14.7 Å². The maximum Gasteiger partial charge on any atom is 0.223 e. The molecule has 0 N–H and O–H groups in total. The van der Waals surface area contributed by atoms with E-state index in [4.69, 9.17) is 0 Å². The van der Waals surface area contributed by atoms with Crippen molar-refractivity contribution < 1.29 is 9.59 Å². The fourth-order valence-corrected chi connectivity index (χ4v) is 3.36. The number of benzene rings is 1. The quantitative estimate of drug-likeness (QED) is 0.738. The summed E-state index contributed by atoms with van der Waals surface area (Å²) in [6.45, 7) is 7.47. The zero-order valence-electron chi connectivity index (χ0n) is 14.1. The van der Waals surface area contributed by atoms with Crippen LogP contribution in [-0.4, -0.2) is 85.9 Å². The highest BCUT2D eigenvalue weighted by Gasteiger charge is 2.22. The van der Waals surface area contributed by atoms with Crippen LogP contribution in [0.2, 0.25) is 0 Å². The number of para-hydroxylation sites is 1. The maximum atomic E-state index is 12.4. The Labute approximate surface area is 143 Å². The van der Waals surface area contributed by atoms with Crippen LogP contribution in [0.15, 0.2) is 30.3 Å². The zero-order valence-corrected chi connectivity index (χ0v) is 14.1. The van der Waals surface area contributed by atoms with Crippen molar-refractivity contribution in [3.63, 3.8) is 0 Å². The molecule has 2 heterocycles. The van der Waals surface area contributed by atoms with Crippen molar-refractivity contribution in [2.24, 2.45) is 0 Å². The number of nitrogens with zero attached hydrogens (tertiary/aromatic N) is 4. The highest BCUT2D eigenvalue weighted by molar-refractivity contribution is 5.76. The first-order chi connectivity index (χ1) is 11.8. The Balaban J connectivity index is 1.39. The van der Waals surface area contributed by atoms with Crippen LogP contribution in [0.3, 0.4) is 0 Å². The number of carbonyl (C=O) groups is 2. The van der Waals surface area contributed by atoms with E-state index in [0.717, 1.165) is 65.3 Å². The monoisotopic (exact) mass is 330 g/mol. The first-order valence-electron chi connectivity index (χ1n) is 8.76. The first-order valence-corrected chi connectivity index (χ1v) is 8.76. The molecule has 1 aromatic carbocycles. The van der Waals surface area contributed by atoms with Gasteiger partial charge in [0, 0.05) is 71.0 Å². The first kappa shape index (κ1) is 16.8. The lowest BCUT2D eigenvalue weighted by molar-refractivity contribution is -0.132. The van der Waals surface area contributed by atoms with Gasteiger partial charge in [-0.3, -0.25) is 14.5 Å². The van der Waals surface area contributed by atoms with Crippen LogP contribution in [0.5, 0.6) is 0 Å². The van der Waals surface area contributed by atoms with Gasteiger partial charge in [0.2, 0.25) is 12.3 Å². The van der Waals surface area contributed by atoms with E-state index >= 15 is 0 Å². The second kappa shape index (κ2) is 8.15. The van der Waals surface area contributed by atoms with Crippen LogP contribution in [0.1, 0.15) is 6.42 Å². The molecule has 0 atom stereocenters. The van der Waals surface area contributed by atoms with Gasteiger partial charge in [-0.2, -0.15) is 0 Å². The lowest BCUT2D eigenvalue weighted by Crippen LogP contribution is -2.50. The summed E-state index contributed by atoms with van der Waals surface area (Å²) in [7, 11) is 0. The predicted molar refractivity (Wildman–Crippen MR) is 93.9 cm³/mol. The third kappa shape index (κ3) is 4.26. The fourth-order valence-electron chi connectivity index (χ4n) is 3.36. The predicted octanol–water partition coefficient (Wildman–Crippen LogP) is 0.499. The van der Waals surface area contributed by atoms with Crippen molar-refractivity contribution in [3.05, 3.63) is 30.3 Å². The number of rotatable bonds is 5. The topological polar surface area (TPSA) is 47.1 Å². The van der Waals surface area contributed by atoms with Gasteiger partial charge in [0.25, 0.3) is 0 Å². The molecule has 0 radical (unpaired) electrons. The van der Waals surface area contributed by atoms with E-state index in [-0.39, 0.29) is 5.91 Å². The number of hydrogen-bond acceptors (Lipinski definition) is 4. The number of anilines is 1. The van der Waals surface area contributed by atoms with Crippen molar-refractivity contribution in [2.75, 3.05) is 63.8 Å². The van der Waals surface area contributed by atoms with Crippen LogP contribution in [0.4, 0.5) is 5.69 Å². The molecule has 0 spiro atoms. The van der Waals surface area contributed by atoms with Crippen LogP contribution in [0.25, 0.3) is 0 Å². The van der Waals surface area contributed by atoms with Crippen molar-refractivity contribution >= 4 is 18.0 Å². The Morgan fingerprint density at radius 3 is 2.21 bits per heavy atom. The minimum Gasteiger partial charge on any atom is -0.368 e. The number of amides is 2. The number of carbonyl (C=O) groups excluding carboxylic acids is 2. The summed E-state index contributed by atoms with van der Waals surface area (Å²) in [6.07, 6.45) is 1.49. The molecule has 0 aliphatic carbocycles. The maximum absolute atomic E-state index is 12.4. The third-order valence-corrected chi connectivity index (χ3v) is 4.95. The number of hydrogen-bond donors (Lipinski definition) is 0. The van der Waals surface area contributed by atoms with Gasteiger partial charge in [-0.15, -0.1) is 0 Å². The van der Waals surface area contributed by atoms with E-state index in [2.05, 4.69) is 34.1 Å². The zero-order chi connectivity index (χ0) is 16.8. The molecule has 0 saturated carbocycles. The van der Waals surface area contributed by atoms with E-state index in [1.807, 2.05) is 11.0 Å². The molecule has 130 valence electrons. The van der Waals surface area contributed by atoms with E-state index in [1.165, 1.54) is 5.69 Å². The molecule has 2 aliphatic heterocycles. The van der Waals surface area contributed by atoms with Gasteiger partial charge >= 0.3 is 0 Å². The smallest absolute Gasteiger partial charge is 0.223 e. The van der Waals surface area contributed by atoms with Gasteiger partial charge in [-0.25, -0.2) is 0 Å². The van der Waals surface area contributed by atoms with E-state index in [0.29, 0.717) is 6.42 Å². The molecule has 6 heteroatoms. The third-order valence-electron chi connectivity index (χ3n) is 4.95. The van der Waals surface area contributed by atoms with Gasteiger partial charge in [0.1, 0.15) is 0 Å². The SMILES string of the molecule is O=CN1CCN(CCC(=O)N2CCN(c3ccccc3)CC2)CC1. The molecule has 0 bridgehead atoms. The average molecular weight is 330 g/mol. The second-order valence-electron chi connectivity index (χ2n) is 6.44. The standard InChI is InChI=1S/C18H26N4O2/c23-16-20-10-8-19(9-11-20)7-6-18(24)22-14-12-21(13-15-22)17-4-2-1-3-5-17/h1-5,16H,6-15H2. The molecule has 2 amide bonds. The molecule has 1 aromatic rings. The molecular weight excluding hydrogens is 304 g/mol. The molecule has 6 nitrogen and oxygen atoms in total. The van der Waals surface area contributed by atoms with Crippen LogP contribution in [0, 0.1) is 0 Å². The Morgan fingerprint density at radius 1 is 0.917 bits per heavy atom. The molecule has 2 fully saturated rings. The van der Waals surface area contributed by atoms with Gasteiger partial charge in [0.05, 0.1) is 0 Å². The highest BCUT2D eigenvalue weighted by Crippen LogP contribution is 2.16. The van der Waals surface area contributed by atoms with Crippen LogP contribution < -0.4 is 4.90 Å². The molecule has 2 saturated heterocycles.